The third-order valence-corrected chi connectivity index (χ3v) is 6.55. The first kappa shape index (κ1) is 21.2. The highest BCUT2D eigenvalue weighted by Crippen LogP contribution is 2.28. The van der Waals surface area contributed by atoms with Gasteiger partial charge in [-0.05, 0) is 31.5 Å². The van der Waals surface area contributed by atoms with Gasteiger partial charge in [0.2, 0.25) is 5.91 Å². The largest absolute Gasteiger partial charge is 0.506 e. The van der Waals surface area contributed by atoms with E-state index in [1.807, 2.05) is 35.2 Å². The molecule has 1 saturated heterocycles. The number of benzene rings is 2. The number of rotatable bonds is 6. The Morgan fingerprint density at radius 3 is 2.45 bits per heavy atom. The van der Waals surface area contributed by atoms with Gasteiger partial charge in [-0.25, -0.2) is 0 Å². The molecule has 1 amide bonds. The number of piperazine rings is 1. The Hall–Kier alpha value is -3.00. The summed E-state index contributed by atoms with van der Waals surface area (Å²) in [6.45, 7) is 7.56. The minimum atomic E-state index is 0.102. The number of hydrogen-bond acceptors (Lipinski definition) is 6. The predicted octanol–water partition coefficient (Wildman–Crippen LogP) is 3.42. The maximum absolute atomic E-state index is 12.8. The van der Waals surface area contributed by atoms with Gasteiger partial charge >= 0.3 is 0 Å². The highest BCUT2D eigenvalue weighted by Gasteiger charge is 2.23. The molecule has 4 rings (SSSR count). The van der Waals surface area contributed by atoms with Crippen molar-refractivity contribution in [2.24, 2.45) is 0 Å². The lowest BCUT2D eigenvalue weighted by Gasteiger charge is -2.36. The maximum Gasteiger partial charge on any atom is 0.233 e. The third-order valence-electron chi connectivity index (χ3n) is 5.60. The molecule has 0 bridgehead atoms. The van der Waals surface area contributed by atoms with Gasteiger partial charge in [0.05, 0.1) is 11.4 Å². The number of amides is 1. The number of hydrogen-bond donors (Lipinski definition) is 1. The molecule has 1 aliphatic rings. The smallest absolute Gasteiger partial charge is 0.233 e. The molecular weight excluding hydrogens is 410 g/mol. The van der Waals surface area contributed by atoms with E-state index in [4.69, 9.17) is 0 Å². The highest BCUT2D eigenvalue weighted by atomic mass is 32.2. The monoisotopic (exact) mass is 437 g/mol. The van der Waals surface area contributed by atoms with Crippen LogP contribution in [0.1, 0.15) is 12.5 Å². The number of carbonyl (C=O) groups excluding carboxylic acids is 1. The Morgan fingerprint density at radius 2 is 1.74 bits per heavy atom. The number of phenolic OH excluding ortho intramolecular Hbond substituents is 1. The van der Waals surface area contributed by atoms with E-state index in [1.54, 1.807) is 6.07 Å². The molecule has 1 fully saturated rings. The van der Waals surface area contributed by atoms with Gasteiger partial charge in [-0.2, -0.15) is 0 Å². The van der Waals surface area contributed by atoms with Crippen LogP contribution in [0.15, 0.2) is 53.7 Å². The molecule has 31 heavy (non-hydrogen) atoms. The van der Waals surface area contributed by atoms with E-state index in [-0.39, 0.29) is 11.7 Å². The van der Waals surface area contributed by atoms with Crippen LogP contribution in [0.2, 0.25) is 0 Å². The maximum atomic E-state index is 12.8. The first-order chi connectivity index (χ1) is 15.1. The van der Waals surface area contributed by atoms with E-state index in [9.17, 15) is 9.90 Å². The molecule has 8 heteroatoms. The lowest BCUT2D eigenvalue weighted by molar-refractivity contribution is -0.128. The summed E-state index contributed by atoms with van der Waals surface area (Å²) in [5.74, 6) is 1.56. The third kappa shape index (κ3) is 4.54. The van der Waals surface area contributed by atoms with Gasteiger partial charge in [0, 0.05) is 38.3 Å². The molecule has 0 spiro atoms. The van der Waals surface area contributed by atoms with Crippen molar-refractivity contribution in [2.75, 3.05) is 36.8 Å². The summed E-state index contributed by atoms with van der Waals surface area (Å²) in [5.41, 5.74) is 3.04. The van der Waals surface area contributed by atoms with Gasteiger partial charge < -0.3 is 19.5 Å². The van der Waals surface area contributed by atoms with Crippen molar-refractivity contribution in [3.63, 3.8) is 0 Å². The second-order valence-electron chi connectivity index (χ2n) is 7.51. The van der Waals surface area contributed by atoms with Crippen LogP contribution in [0.5, 0.6) is 5.75 Å². The Kier molecular flexibility index (Phi) is 6.46. The van der Waals surface area contributed by atoms with E-state index >= 15 is 0 Å². The summed E-state index contributed by atoms with van der Waals surface area (Å²) in [7, 11) is 0. The molecule has 1 aliphatic heterocycles. The van der Waals surface area contributed by atoms with E-state index in [2.05, 4.69) is 45.6 Å². The fraction of sp³-hybridized carbons (Fsp3) is 0.348. The normalized spacial score (nSPS) is 14.1. The molecule has 0 radical (unpaired) electrons. The minimum absolute atomic E-state index is 0.102. The molecule has 2 heterocycles. The highest BCUT2D eigenvalue weighted by molar-refractivity contribution is 7.99. The fourth-order valence-electron chi connectivity index (χ4n) is 3.85. The van der Waals surface area contributed by atoms with E-state index in [1.165, 1.54) is 11.8 Å². The molecule has 3 aromatic rings. The Labute approximate surface area is 186 Å². The second kappa shape index (κ2) is 9.43. The molecule has 0 unspecified atom stereocenters. The van der Waals surface area contributed by atoms with Crippen LogP contribution >= 0.6 is 11.8 Å². The standard InChI is InChI=1S/C23H27N5O2S/c1-3-28-22(18-9-5-4-8-17(18)2)24-25-23(28)31-16-21(30)27-14-12-26(13-15-27)19-10-6-7-11-20(19)29/h4-11,29H,3,12-16H2,1-2H3. The summed E-state index contributed by atoms with van der Waals surface area (Å²) in [6.07, 6.45) is 0. The topological polar surface area (TPSA) is 74.5 Å². The average molecular weight is 438 g/mol. The Morgan fingerprint density at radius 1 is 1.03 bits per heavy atom. The van der Waals surface area contributed by atoms with Crippen LogP contribution in [0, 0.1) is 6.92 Å². The molecule has 1 aromatic heterocycles. The predicted molar refractivity (Wildman–Crippen MR) is 123 cm³/mol. The molecule has 0 aliphatic carbocycles. The summed E-state index contributed by atoms with van der Waals surface area (Å²) < 4.78 is 2.07. The Bertz CT molecular complexity index is 1060. The molecule has 1 N–H and O–H groups in total. The van der Waals surface area contributed by atoms with Gasteiger partial charge in [-0.15, -0.1) is 10.2 Å². The van der Waals surface area contributed by atoms with Crippen LogP contribution in [0.4, 0.5) is 5.69 Å². The van der Waals surface area contributed by atoms with Crippen molar-refractivity contribution in [1.82, 2.24) is 19.7 Å². The van der Waals surface area contributed by atoms with Crippen molar-refractivity contribution in [3.05, 3.63) is 54.1 Å². The lowest BCUT2D eigenvalue weighted by atomic mass is 10.1. The van der Waals surface area contributed by atoms with Gasteiger partial charge in [-0.1, -0.05) is 48.2 Å². The minimum Gasteiger partial charge on any atom is -0.506 e. The number of nitrogens with zero attached hydrogens (tertiary/aromatic N) is 5. The number of anilines is 1. The van der Waals surface area contributed by atoms with Crippen molar-refractivity contribution in [2.45, 2.75) is 25.5 Å². The lowest BCUT2D eigenvalue weighted by Crippen LogP contribution is -2.49. The molecule has 162 valence electrons. The molecule has 7 nitrogen and oxygen atoms in total. The number of phenols is 1. The zero-order valence-electron chi connectivity index (χ0n) is 17.9. The van der Waals surface area contributed by atoms with Crippen molar-refractivity contribution >= 4 is 23.4 Å². The number of aromatic nitrogens is 3. The van der Waals surface area contributed by atoms with Crippen molar-refractivity contribution in [1.29, 1.82) is 0 Å². The summed E-state index contributed by atoms with van der Waals surface area (Å²) in [4.78, 5) is 16.8. The molecule has 0 atom stereocenters. The second-order valence-corrected chi connectivity index (χ2v) is 8.45. The number of thioether (sulfide) groups is 1. The number of aryl methyl sites for hydroxylation is 1. The van der Waals surface area contributed by atoms with Gasteiger partial charge in [0.25, 0.3) is 0 Å². The zero-order chi connectivity index (χ0) is 21.8. The van der Waals surface area contributed by atoms with Crippen LogP contribution in [0.25, 0.3) is 11.4 Å². The first-order valence-corrected chi connectivity index (χ1v) is 11.5. The number of para-hydroxylation sites is 2. The number of aromatic hydroxyl groups is 1. The van der Waals surface area contributed by atoms with E-state index < -0.39 is 0 Å². The van der Waals surface area contributed by atoms with Crippen LogP contribution < -0.4 is 4.90 Å². The van der Waals surface area contributed by atoms with Crippen LogP contribution in [-0.2, 0) is 11.3 Å². The fourth-order valence-corrected chi connectivity index (χ4v) is 4.75. The van der Waals surface area contributed by atoms with Gasteiger partial charge in [-0.3, -0.25) is 4.79 Å². The summed E-state index contributed by atoms with van der Waals surface area (Å²) in [6, 6.07) is 15.5. The molecular formula is C23H27N5O2S. The summed E-state index contributed by atoms with van der Waals surface area (Å²) >= 11 is 1.44. The SMILES string of the molecule is CCn1c(SCC(=O)N2CCN(c3ccccc3O)CC2)nnc1-c1ccccc1C. The van der Waals surface area contributed by atoms with Crippen LogP contribution in [-0.4, -0.2) is 62.6 Å². The van der Waals surface area contributed by atoms with Gasteiger partial charge in [0.1, 0.15) is 5.75 Å². The molecule has 2 aromatic carbocycles. The summed E-state index contributed by atoms with van der Waals surface area (Å²) in [5, 5.41) is 19.6. The van der Waals surface area contributed by atoms with Crippen LogP contribution in [0.3, 0.4) is 0 Å². The van der Waals surface area contributed by atoms with E-state index in [0.29, 0.717) is 31.9 Å². The zero-order valence-corrected chi connectivity index (χ0v) is 18.7. The van der Waals surface area contributed by atoms with Gasteiger partial charge in [0.15, 0.2) is 11.0 Å². The molecule has 0 saturated carbocycles. The number of carbonyl (C=O) groups is 1. The van der Waals surface area contributed by atoms with Crippen molar-refractivity contribution < 1.29 is 9.90 Å². The van der Waals surface area contributed by atoms with Crippen molar-refractivity contribution in [3.8, 4) is 17.1 Å². The average Bonchev–Trinajstić information content (AvgIpc) is 3.21. The van der Waals surface area contributed by atoms with E-state index in [0.717, 1.165) is 34.3 Å². The first-order valence-electron chi connectivity index (χ1n) is 10.5. The quantitative estimate of drug-likeness (QED) is 0.596. The Balaban J connectivity index is 1.37.